The Morgan fingerprint density at radius 3 is 2.60 bits per heavy atom. The van der Waals surface area contributed by atoms with Crippen molar-refractivity contribution in [2.24, 2.45) is 0 Å². The smallest absolute Gasteiger partial charge is 0.340 e. The molecule has 0 saturated heterocycles. The van der Waals surface area contributed by atoms with Gasteiger partial charge in [0.05, 0.1) is 17.8 Å². The van der Waals surface area contributed by atoms with Crippen molar-refractivity contribution in [1.82, 2.24) is 20.1 Å². The normalized spacial score (nSPS) is 10.5. The lowest BCUT2D eigenvalue weighted by atomic mass is 10.2. The van der Waals surface area contributed by atoms with E-state index in [1.165, 1.54) is 6.20 Å². The summed E-state index contributed by atoms with van der Waals surface area (Å²) in [6.07, 6.45) is 1.40. The Morgan fingerprint density at radius 2 is 1.93 bits per heavy atom. The fourth-order valence-corrected chi connectivity index (χ4v) is 2.82. The Kier molecular flexibility index (Phi) is 6.79. The number of amides is 1. The fourth-order valence-electron chi connectivity index (χ4n) is 2.82. The Labute approximate surface area is 174 Å². The number of hydrogen-bond donors (Lipinski definition) is 1. The Balaban J connectivity index is 1.41. The maximum absolute atomic E-state index is 12.1. The largest absolute Gasteiger partial charge is 0.492 e. The average Bonchev–Trinajstić information content (AvgIpc) is 3.07. The minimum Gasteiger partial charge on any atom is -0.492 e. The lowest BCUT2D eigenvalue weighted by Crippen LogP contribution is -2.32. The summed E-state index contributed by atoms with van der Waals surface area (Å²) >= 11 is 0. The first-order valence-corrected chi connectivity index (χ1v) is 9.55. The zero-order chi connectivity index (χ0) is 21.5. The Hall–Kier alpha value is -3.68. The SMILES string of the molecule is Cc1cccc(OCCNC(=O)COC(=O)c2ccc(-n3nc(C)cc3C)nc2)c1. The minimum atomic E-state index is -0.617. The Bertz CT molecular complexity index is 1030. The monoisotopic (exact) mass is 408 g/mol. The predicted octanol–water partition coefficient (Wildman–Crippen LogP) is 2.54. The highest BCUT2D eigenvalue weighted by Gasteiger charge is 2.12. The molecule has 0 aliphatic heterocycles. The van der Waals surface area contributed by atoms with Gasteiger partial charge in [-0.05, 0) is 56.7 Å². The number of carbonyl (C=O) groups is 2. The summed E-state index contributed by atoms with van der Waals surface area (Å²) in [4.78, 5) is 28.2. The molecule has 156 valence electrons. The molecule has 8 heteroatoms. The molecule has 0 atom stereocenters. The molecule has 2 heterocycles. The summed E-state index contributed by atoms with van der Waals surface area (Å²) in [7, 11) is 0. The van der Waals surface area contributed by atoms with Gasteiger partial charge >= 0.3 is 5.97 Å². The highest BCUT2D eigenvalue weighted by molar-refractivity contribution is 5.91. The molecule has 0 saturated carbocycles. The van der Waals surface area contributed by atoms with E-state index in [1.54, 1.807) is 16.8 Å². The quantitative estimate of drug-likeness (QED) is 0.455. The molecule has 3 aromatic rings. The van der Waals surface area contributed by atoms with Gasteiger partial charge in [0.1, 0.15) is 12.4 Å². The summed E-state index contributed by atoms with van der Waals surface area (Å²) in [5.74, 6) is 0.326. The second-order valence-corrected chi connectivity index (χ2v) is 6.84. The molecule has 0 aliphatic carbocycles. The summed E-state index contributed by atoms with van der Waals surface area (Å²) in [5.41, 5.74) is 3.18. The molecule has 1 amide bonds. The van der Waals surface area contributed by atoms with Gasteiger partial charge in [-0.15, -0.1) is 0 Å². The third kappa shape index (κ3) is 5.66. The van der Waals surface area contributed by atoms with Gasteiger partial charge in [0.2, 0.25) is 0 Å². The van der Waals surface area contributed by atoms with Crippen molar-refractivity contribution < 1.29 is 19.1 Å². The number of benzene rings is 1. The van der Waals surface area contributed by atoms with Crippen molar-refractivity contribution in [3.05, 3.63) is 71.2 Å². The number of aromatic nitrogens is 3. The molecule has 30 heavy (non-hydrogen) atoms. The second-order valence-electron chi connectivity index (χ2n) is 6.84. The van der Waals surface area contributed by atoms with E-state index in [-0.39, 0.29) is 12.2 Å². The van der Waals surface area contributed by atoms with Crippen LogP contribution in [0, 0.1) is 20.8 Å². The van der Waals surface area contributed by atoms with E-state index in [0.717, 1.165) is 22.7 Å². The van der Waals surface area contributed by atoms with Gasteiger partial charge < -0.3 is 14.8 Å². The van der Waals surface area contributed by atoms with Crippen LogP contribution >= 0.6 is 0 Å². The van der Waals surface area contributed by atoms with Gasteiger partial charge in [0.15, 0.2) is 12.4 Å². The first-order valence-electron chi connectivity index (χ1n) is 9.55. The first-order chi connectivity index (χ1) is 14.4. The molecule has 2 aromatic heterocycles. The lowest BCUT2D eigenvalue weighted by Gasteiger charge is -2.09. The fraction of sp³-hybridized carbons (Fsp3) is 0.273. The number of hydrogen-bond acceptors (Lipinski definition) is 6. The molecule has 1 aromatic carbocycles. The highest BCUT2D eigenvalue weighted by atomic mass is 16.5. The van der Waals surface area contributed by atoms with Crippen molar-refractivity contribution in [2.45, 2.75) is 20.8 Å². The standard InChI is InChI=1S/C22H24N4O4/c1-15-5-4-6-19(11-15)29-10-9-23-21(27)14-30-22(28)18-7-8-20(24-13-18)26-17(3)12-16(2)25-26/h4-8,11-13H,9-10,14H2,1-3H3,(H,23,27). The zero-order valence-corrected chi connectivity index (χ0v) is 17.2. The second kappa shape index (κ2) is 9.69. The number of esters is 1. The van der Waals surface area contributed by atoms with Crippen LogP contribution < -0.4 is 10.1 Å². The highest BCUT2D eigenvalue weighted by Crippen LogP contribution is 2.12. The average molecular weight is 408 g/mol. The number of carbonyl (C=O) groups excluding carboxylic acids is 2. The van der Waals surface area contributed by atoms with Gasteiger partial charge in [0, 0.05) is 11.9 Å². The molecule has 0 fully saturated rings. The van der Waals surface area contributed by atoms with E-state index in [0.29, 0.717) is 19.0 Å². The van der Waals surface area contributed by atoms with Gasteiger partial charge in [-0.25, -0.2) is 14.5 Å². The summed E-state index contributed by atoms with van der Waals surface area (Å²) in [5, 5.41) is 6.99. The van der Waals surface area contributed by atoms with Crippen molar-refractivity contribution in [3.63, 3.8) is 0 Å². The van der Waals surface area contributed by atoms with Gasteiger partial charge in [-0.3, -0.25) is 4.79 Å². The molecule has 0 unspecified atom stereocenters. The third-order valence-corrected chi connectivity index (χ3v) is 4.23. The van der Waals surface area contributed by atoms with Crippen LogP contribution in [-0.2, 0) is 9.53 Å². The van der Waals surface area contributed by atoms with Crippen LogP contribution in [0.4, 0.5) is 0 Å². The molecule has 8 nitrogen and oxygen atoms in total. The third-order valence-electron chi connectivity index (χ3n) is 4.23. The van der Waals surface area contributed by atoms with Crippen molar-refractivity contribution in [2.75, 3.05) is 19.8 Å². The molecular formula is C22H24N4O4. The van der Waals surface area contributed by atoms with Crippen LogP contribution in [0.25, 0.3) is 5.82 Å². The van der Waals surface area contributed by atoms with E-state index in [9.17, 15) is 9.59 Å². The summed E-state index contributed by atoms with van der Waals surface area (Å²) in [6, 6.07) is 12.9. The minimum absolute atomic E-state index is 0.260. The van der Waals surface area contributed by atoms with Crippen molar-refractivity contribution >= 4 is 11.9 Å². The number of aryl methyl sites for hydroxylation is 3. The van der Waals surface area contributed by atoms with Crippen molar-refractivity contribution in [1.29, 1.82) is 0 Å². The van der Waals surface area contributed by atoms with Gasteiger partial charge in [-0.1, -0.05) is 12.1 Å². The molecule has 0 bridgehead atoms. The number of ether oxygens (including phenoxy) is 2. The van der Waals surface area contributed by atoms with E-state index in [1.807, 2.05) is 51.1 Å². The van der Waals surface area contributed by atoms with Gasteiger partial charge in [0.25, 0.3) is 5.91 Å². The van der Waals surface area contributed by atoms with Crippen molar-refractivity contribution in [3.8, 4) is 11.6 Å². The van der Waals surface area contributed by atoms with Crippen LogP contribution in [0.3, 0.4) is 0 Å². The number of nitrogens with zero attached hydrogens (tertiary/aromatic N) is 3. The number of pyridine rings is 1. The zero-order valence-electron chi connectivity index (χ0n) is 17.2. The van der Waals surface area contributed by atoms with Crippen LogP contribution in [0.15, 0.2) is 48.7 Å². The molecule has 3 rings (SSSR count). The molecule has 1 N–H and O–H groups in total. The van der Waals surface area contributed by atoms with E-state index < -0.39 is 11.9 Å². The lowest BCUT2D eigenvalue weighted by molar-refractivity contribution is -0.124. The maximum atomic E-state index is 12.1. The predicted molar refractivity (Wildman–Crippen MR) is 111 cm³/mol. The number of rotatable bonds is 8. The molecule has 0 spiro atoms. The van der Waals surface area contributed by atoms with E-state index in [2.05, 4.69) is 15.4 Å². The maximum Gasteiger partial charge on any atom is 0.340 e. The Morgan fingerprint density at radius 1 is 1.10 bits per heavy atom. The first kappa shape index (κ1) is 21.0. The molecule has 0 radical (unpaired) electrons. The van der Waals surface area contributed by atoms with Crippen LogP contribution in [-0.4, -0.2) is 46.4 Å². The molecule has 0 aliphatic rings. The van der Waals surface area contributed by atoms with E-state index >= 15 is 0 Å². The summed E-state index contributed by atoms with van der Waals surface area (Å²) in [6.45, 7) is 6.06. The van der Waals surface area contributed by atoms with Gasteiger partial charge in [-0.2, -0.15) is 5.10 Å². The summed E-state index contributed by atoms with van der Waals surface area (Å²) < 4.78 is 12.3. The number of nitrogens with one attached hydrogen (secondary N) is 1. The van der Waals surface area contributed by atoms with Crippen LogP contribution in [0.5, 0.6) is 5.75 Å². The van der Waals surface area contributed by atoms with Crippen LogP contribution in [0.1, 0.15) is 27.3 Å². The molecular weight excluding hydrogens is 384 g/mol. The van der Waals surface area contributed by atoms with E-state index in [4.69, 9.17) is 9.47 Å². The van der Waals surface area contributed by atoms with Crippen LogP contribution in [0.2, 0.25) is 0 Å². The topological polar surface area (TPSA) is 95.3 Å².